The van der Waals surface area contributed by atoms with Crippen LogP contribution in [-0.4, -0.2) is 29.1 Å². The molecule has 22 heavy (non-hydrogen) atoms. The summed E-state index contributed by atoms with van der Waals surface area (Å²) >= 11 is 0. The van der Waals surface area contributed by atoms with Crippen molar-refractivity contribution in [2.24, 2.45) is 5.92 Å². The van der Waals surface area contributed by atoms with Crippen LogP contribution < -0.4 is 10.1 Å². The number of hydrogen-bond donors (Lipinski definition) is 2. The van der Waals surface area contributed by atoms with Gasteiger partial charge in [-0.2, -0.15) is 0 Å². The van der Waals surface area contributed by atoms with Gasteiger partial charge < -0.3 is 15.2 Å². The molecule has 0 saturated heterocycles. The third-order valence-electron chi connectivity index (χ3n) is 4.12. The van der Waals surface area contributed by atoms with Gasteiger partial charge in [0, 0.05) is 5.56 Å². The number of carbonyl (C=O) groups excluding carboxylic acids is 1. The summed E-state index contributed by atoms with van der Waals surface area (Å²) in [6.07, 6.45) is 1.66. The van der Waals surface area contributed by atoms with Gasteiger partial charge in [-0.1, -0.05) is 32.0 Å². The molecule has 1 atom stereocenters. The van der Waals surface area contributed by atoms with Gasteiger partial charge in [0.1, 0.15) is 12.4 Å². The molecular weight excluding hydrogens is 282 g/mol. The van der Waals surface area contributed by atoms with Crippen molar-refractivity contribution in [2.75, 3.05) is 6.61 Å². The molecule has 5 nitrogen and oxygen atoms in total. The lowest BCUT2D eigenvalue weighted by Crippen LogP contribution is -2.52. The molecule has 0 spiro atoms. The standard InChI is InChI=1S/C17H21NO4/c1-11(2)17(3,9-15(19)20)18-16(21)13-8-12-6-4-5-7-14(12)22-10-13/h4-8,11H,9-10H2,1-3H3,(H,18,21)(H,19,20). The van der Waals surface area contributed by atoms with E-state index in [2.05, 4.69) is 5.32 Å². The Morgan fingerprint density at radius 1 is 1.36 bits per heavy atom. The fourth-order valence-corrected chi connectivity index (χ4v) is 2.29. The summed E-state index contributed by atoms with van der Waals surface area (Å²) in [5.41, 5.74) is 0.542. The number of aliphatic carboxylic acids is 1. The lowest BCUT2D eigenvalue weighted by Gasteiger charge is -2.34. The first-order valence-electron chi connectivity index (χ1n) is 7.28. The van der Waals surface area contributed by atoms with Crippen LogP contribution in [0.5, 0.6) is 5.75 Å². The molecule has 2 N–H and O–H groups in total. The molecular formula is C17H21NO4. The van der Waals surface area contributed by atoms with Gasteiger partial charge in [0.25, 0.3) is 5.91 Å². The smallest absolute Gasteiger partial charge is 0.305 e. The highest BCUT2D eigenvalue weighted by Gasteiger charge is 2.34. The zero-order valence-electron chi connectivity index (χ0n) is 13.1. The van der Waals surface area contributed by atoms with E-state index in [0.29, 0.717) is 5.57 Å². The summed E-state index contributed by atoms with van der Waals surface area (Å²) in [5, 5.41) is 11.9. The fourth-order valence-electron chi connectivity index (χ4n) is 2.29. The second-order valence-corrected chi connectivity index (χ2v) is 6.09. The number of carboxylic acid groups (broad SMARTS) is 1. The molecule has 1 unspecified atom stereocenters. The molecule has 5 heteroatoms. The molecule has 0 radical (unpaired) electrons. The predicted octanol–water partition coefficient (Wildman–Crippen LogP) is 2.47. The number of hydrogen-bond acceptors (Lipinski definition) is 3. The molecule has 1 aromatic rings. The van der Waals surface area contributed by atoms with Gasteiger partial charge in [-0.25, -0.2) is 0 Å². The largest absolute Gasteiger partial charge is 0.488 e. The maximum atomic E-state index is 12.5. The lowest BCUT2D eigenvalue weighted by atomic mass is 9.85. The van der Waals surface area contributed by atoms with Crippen LogP contribution >= 0.6 is 0 Å². The summed E-state index contributed by atoms with van der Waals surface area (Å²) in [7, 11) is 0. The Morgan fingerprint density at radius 3 is 2.68 bits per heavy atom. The zero-order valence-corrected chi connectivity index (χ0v) is 13.1. The third-order valence-corrected chi connectivity index (χ3v) is 4.12. The molecule has 118 valence electrons. The van der Waals surface area contributed by atoms with Crippen LogP contribution in [0.15, 0.2) is 29.8 Å². The Hall–Kier alpha value is -2.30. The number of ether oxygens (including phenoxy) is 1. The van der Waals surface area contributed by atoms with Crippen molar-refractivity contribution in [1.29, 1.82) is 0 Å². The van der Waals surface area contributed by atoms with Gasteiger partial charge in [0.15, 0.2) is 0 Å². The van der Waals surface area contributed by atoms with E-state index in [1.807, 2.05) is 38.1 Å². The van der Waals surface area contributed by atoms with Crippen molar-refractivity contribution in [3.8, 4) is 5.75 Å². The Kier molecular flexibility index (Phi) is 4.54. The van der Waals surface area contributed by atoms with Crippen LogP contribution in [-0.2, 0) is 9.59 Å². The van der Waals surface area contributed by atoms with Crippen molar-refractivity contribution in [3.63, 3.8) is 0 Å². The minimum absolute atomic E-state index is 0.00931. The van der Waals surface area contributed by atoms with E-state index in [9.17, 15) is 9.59 Å². The topological polar surface area (TPSA) is 75.6 Å². The van der Waals surface area contributed by atoms with E-state index < -0.39 is 11.5 Å². The lowest BCUT2D eigenvalue weighted by molar-refractivity contribution is -0.139. The van der Waals surface area contributed by atoms with Gasteiger partial charge in [-0.05, 0) is 25.0 Å². The first-order chi connectivity index (χ1) is 10.3. The highest BCUT2D eigenvalue weighted by atomic mass is 16.5. The van der Waals surface area contributed by atoms with Crippen LogP contribution in [0.2, 0.25) is 0 Å². The SMILES string of the molecule is CC(C)C(C)(CC(=O)O)NC(=O)C1=Cc2ccccc2OC1. The summed E-state index contributed by atoms with van der Waals surface area (Å²) in [4.78, 5) is 23.5. The molecule has 1 aliphatic rings. The Bertz CT molecular complexity index is 621. The minimum Gasteiger partial charge on any atom is -0.488 e. The van der Waals surface area contributed by atoms with Crippen LogP contribution in [0, 0.1) is 5.92 Å². The first-order valence-corrected chi connectivity index (χ1v) is 7.28. The monoisotopic (exact) mass is 303 g/mol. The quantitative estimate of drug-likeness (QED) is 0.876. The van der Waals surface area contributed by atoms with E-state index >= 15 is 0 Å². The van der Waals surface area contributed by atoms with E-state index in [0.717, 1.165) is 11.3 Å². The summed E-state index contributed by atoms with van der Waals surface area (Å²) < 4.78 is 5.57. The van der Waals surface area contributed by atoms with Gasteiger partial charge in [-0.3, -0.25) is 9.59 Å². The molecule has 1 heterocycles. The molecule has 0 aliphatic carbocycles. The van der Waals surface area contributed by atoms with Crippen molar-refractivity contribution >= 4 is 18.0 Å². The molecule has 2 rings (SSSR count). The average Bonchev–Trinajstić information content (AvgIpc) is 2.45. The number of amides is 1. The number of rotatable bonds is 5. The van der Waals surface area contributed by atoms with Crippen molar-refractivity contribution in [2.45, 2.75) is 32.7 Å². The van der Waals surface area contributed by atoms with Gasteiger partial charge in [0.05, 0.1) is 17.5 Å². The summed E-state index contributed by atoms with van der Waals surface area (Å²) in [6.45, 7) is 5.72. The fraction of sp³-hybridized carbons (Fsp3) is 0.412. The maximum Gasteiger partial charge on any atom is 0.305 e. The van der Waals surface area contributed by atoms with Crippen LogP contribution in [0.3, 0.4) is 0 Å². The van der Waals surface area contributed by atoms with E-state index in [1.165, 1.54) is 0 Å². The molecule has 0 saturated carbocycles. The average molecular weight is 303 g/mol. The van der Waals surface area contributed by atoms with Crippen molar-refractivity contribution < 1.29 is 19.4 Å². The molecule has 0 bridgehead atoms. The molecule has 1 amide bonds. The maximum absolute atomic E-state index is 12.5. The van der Waals surface area contributed by atoms with E-state index in [-0.39, 0.29) is 24.9 Å². The Morgan fingerprint density at radius 2 is 2.05 bits per heavy atom. The normalized spacial score (nSPS) is 16.1. The Labute approximate surface area is 130 Å². The molecule has 0 aromatic heterocycles. The molecule has 1 aliphatic heterocycles. The number of benzene rings is 1. The second kappa shape index (κ2) is 6.22. The minimum atomic E-state index is -0.935. The number of fused-ring (bicyclic) bond motifs is 1. The number of carbonyl (C=O) groups is 2. The Balaban J connectivity index is 2.18. The summed E-state index contributed by atoms with van der Waals surface area (Å²) in [6, 6.07) is 7.48. The third kappa shape index (κ3) is 3.47. The van der Waals surface area contributed by atoms with E-state index in [1.54, 1.807) is 13.0 Å². The van der Waals surface area contributed by atoms with Crippen LogP contribution in [0.1, 0.15) is 32.8 Å². The molecule has 0 fully saturated rings. The number of carboxylic acids is 1. The van der Waals surface area contributed by atoms with Crippen LogP contribution in [0.4, 0.5) is 0 Å². The van der Waals surface area contributed by atoms with Gasteiger partial charge >= 0.3 is 5.97 Å². The highest BCUT2D eigenvalue weighted by Crippen LogP contribution is 2.27. The van der Waals surface area contributed by atoms with Gasteiger partial charge in [0.2, 0.25) is 0 Å². The summed E-state index contributed by atoms with van der Waals surface area (Å²) in [5.74, 6) is -0.483. The van der Waals surface area contributed by atoms with Crippen molar-refractivity contribution in [1.82, 2.24) is 5.32 Å². The zero-order chi connectivity index (χ0) is 16.3. The van der Waals surface area contributed by atoms with E-state index in [4.69, 9.17) is 9.84 Å². The number of nitrogens with one attached hydrogen (secondary N) is 1. The predicted molar refractivity (Wildman–Crippen MR) is 83.6 cm³/mol. The number of para-hydroxylation sites is 1. The van der Waals surface area contributed by atoms with Gasteiger partial charge in [-0.15, -0.1) is 0 Å². The van der Waals surface area contributed by atoms with Crippen LogP contribution in [0.25, 0.3) is 6.08 Å². The second-order valence-electron chi connectivity index (χ2n) is 6.09. The molecule has 1 aromatic carbocycles. The highest BCUT2D eigenvalue weighted by molar-refractivity contribution is 5.99. The van der Waals surface area contributed by atoms with Crippen molar-refractivity contribution in [3.05, 3.63) is 35.4 Å². The first kappa shape index (κ1) is 16.1.